The molecule has 90 valence electrons. The van der Waals surface area contributed by atoms with E-state index in [0.717, 1.165) is 17.5 Å². The Bertz CT molecular complexity index is 291. The van der Waals surface area contributed by atoms with E-state index in [2.05, 4.69) is 27.8 Å². The second-order valence-corrected chi connectivity index (χ2v) is 4.76. The van der Waals surface area contributed by atoms with E-state index in [1.807, 2.05) is 12.1 Å². The van der Waals surface area contributed by atoms with Gasteiger partial charge in [0.15, 0.2) is 0 Å². The highest BCUT2D eigenvalue weighted by Gasteiger charge is 1.99. The first-order valence-electron chi connectivity index (χ1n) is 6.08. The van der Waals surface area contributed by atoms with Crippen LogP contribution in [0.1, 0.15) is 45.4 Å². The summed E-state index contributed by atoms with van der Waals surface area (Å²) in [6.45, 7) is 3.00. The third-order valence-electron chi connectivity index (χ3n) is 2.46. The van der Waals surface area contributed by atoms with Crippen molar-refractivity contribution in [3.8, 4) is 5.88 Å². The Labute approximate surface area is 107 Å². The van der Waals surface area contributed by atoms with Crippen molar-refractivity contribution in [2.45, 2.75) is 45.4 Å². The van der Waals surface area contributed by atoms with Crippen molar-refractivity contribution in [1.29, 1.82) is 0 Å². The maximum absolute atomic E-state index is 5.59. The molecule has 1 heterocycles. The minimum atomic E-state index is 0.705. The fraction of sp³-hybridized carbons (Fsp3) is 0.615. The fourth-order valence-electron chi connectivity index (χ4n) is 1.53. The molecular formula is C13H20BrNO. The molecular weight excluding hydrogens is 266 g/mol. The van der Waals surface area contributed by atoms with Crippen LogP contribution in [0, 0.1) is 0 Å². The third-order valence-corrected chi connectivity index (χ3v) is 3.06. The third kappa shape index (κ3) is 5.50. The quantitative estimate of drug-likeness (QED) is 0.652. The van der Waals surface area contributed by atoms with Gasteiger partial charge in [0, 0.05) is 6.20 Å². The lowest BCUT2D eigenvalue weighted by Gasteiger charge is -2.06. The summed E-state index contributed by atoms with van der Waals surface area (Å²) < 4.78 is 6.52. The normalized spacial score (nSPS) is 10.4. The standard InChI is InChI=1S/C13H20BrNO/c1-2-3-4-5-6-7-11-16-13-12(14)9-8-10-15-13/h8-10H,2-7,11H2,1H3. The van der Waals surface area contributed by atoms with Gasteiger partial charge in [0.2, 0.25) is 5.88 Å². The first-order valence-corrected chi connectivity index (χ1v) is 6.87. The Kier molecular flexibility index (Phi) is 7.23. The van der Waals surface area contributed by atoms with E-state index in [1.54, 1.807) is 6.20 Å². The highest BCUT2D eigenvalue weighted by molar-refractivity contribution is 9.10. The van der Waals surface area contributed by atoms with Crippen molar-refractivity contribution in [1.82, 2.24) is 4.98 Å². The van der Waals surface area contributed by atoms with Crippen molar-refractivity contribution in [3.63, 3.8) is 0 Å². The van der Waals surface area contributed by atoms with Crippen LogP contribution in [-0.4, -0.2) is 11.6 Å². The van der Waals surface area contributed by atoms with Gasteiger partial charge in [-0.3, -0.25) is 0 Å². The summed E-state index contributed by atoms with van der Waals surface area (Å²) in [7, 11) is 0. The molecule has 16 heavy (non-hydrogen) atoms. The van der Waals surface area contributed by atoms with Crippen molar-refractivity contribution in [3.05, 3.63) is 22.8 Å². The van der Waals surface area contributed by atoms with Gasteiger partial charge in [0.1, 0.15) is 0 Å². The summed E-state index contributed by atoms with van der Waals surface area (Å²) >= 11 is 3.41. The number of halogens is 1. The average Bonchev–Trinajstić information content (AvgIpc) is 2.30. The molecule has 3 heteroatoms. The van der Waals surface area contributed by atoms with Crippen LogP contribution in [0.15, 0.2) is 22.8 Å². The number of rotatable bonds is 8. The molecule has 0 saturated carbocycles. The molecule has 0 N–H and O–H groups in total. The Hall–Kier alpha value is -0.570. The maximum Gasteiger partial charge on any atom is 0.227 e. The highest BCUT2D eigenvalue weighted by atomic mass is 79.9. The number of nitrogens with zero attached hydrogens (tertiary/aromatic N) is 1. The van der Waals surface area contributed by atoms with Crippen molar-refractivity contribution in [2.24, 2.45) is 0 Å². The lowest BCUT2D eigenvalue weighted by molar-refractivity contribution is 0.291. The van der Waals surface area contributed by atoms with Crippen LogP contribution >= 0.6 is 15.9 Å². The highest BCUT2D eigenvalue weighted by Crippen LogP contribution is 2.20. The lowest BCUT2D eigenvalue weighted by Crippen LogP contribution is -1.99. The molecule has 0 aliphatic rings. The predicted molar refractivity (Wildman–Crippen MR) is 70.8 cm³/mol. The van der Waals surface area contributed by atoms with Crippen molar-refractivity contribution in [2.75, 3.05) is 6.61 Å². The number of unbranched alkanes of at least 4 members (excludes halogenated alkanes) is 5. The van der Waals surface area contributed by atoms with Crippen molar-refractivity contribution >= 4 is 15.9 Å². The van der Waals surface area contributed by atoms with Crippen LogP contribution in [0.3, 0.4) is 0 Å². The Balaban J connectivity index is 2.05. The second-order valence-electron chi connectivity index (χ2n) is 3.91. The number of pyridine rings is 1. The number of ether oxygens (including phenoxy) is 1. The summed E-state index contributed by atoms with van der Waals surface area (Å²) in [6.07, 6.45) is 9.45. The predicted octanol–water partition coefficient (Wildman–Crippen LogP) is 4.58. The number of aromatic nitrogens is 1. The van der Waals surface area contributed by atoms with Gasteiger partial charge in [-0.25, -0.2) is 4.98 Å². The van der Waals surface area contributed by atoms with Crippen LogP contribution in [0.2, 0.25) is 0 Å². The first-order chi connectivity index (χ1) is 7.84. The van der Waals surface area contributed by atoms with Gasteiger partial charge in [-0.15, -0.1) is 0 Å². The SMILES string of the molecule is CCCCCCCCOc1ncccc1Br. The van der Waals surface area contributed by atoms with Gasteiger partial charge in [-0.1, -0.05) is 39.0 Å². The fourth-order valence-corrected chi connectivity index (χ4v) is 1.90. The van der Waals surface area contributed by atoms with Crippen LogP contribution < -0.4 is 4.74 Å². The molecule has 0 aromatic carbocycles. The van der Waals surface area contributed by atoms with E-state index >= 15 is 0 Å². The average molecular weight is 286 g/mol. The molecule has 0 bridgehead atoms. The van der Waals surface area contributed by atoms with Gasteiger partial charge >= 0.3 is 0 Å². The maximum atomic E-state index is 5.59. The van der Waals surface area contributed by atoms with Gasteiger partial charge in [-0.05, 0) is 34.5 Å². The molecule has 0 radical (unpaired) electrons. The molecule has 0 amide bonds. The molecule has 0 saturated heterocycles. The van der Waals surface area contributed by atoms with Crippen LogP contribution in [0.5, 0.6) is 5.88 Å². The van der Waals surface area contributed by atoms with E-state index in [4.69, 9.17) is 4.74 Å². The van der Waals surface area contributed by atoms with E-state index < -0.39 is 0 Å². The Morgan fingerprint density at radius 2 is 1.94 bits per heavy atom. The minimum Gasteiger partial charge on any atom is -0.477 e. The van der Waals surface area contributed by atoms with E-state index in [9.17, 15) is 0 Å². The molecule has 0 aliphatic heterocycles. The molecule has 1 aromatic heterocycles. The van der Waals surface area contributed by atoms with E-state index in [-0.39, 0.29) is 0 Å². The van der Waals surface area contributed by atoms with E-state index in [1.165, 1.54) is 32.1 Å². The first kappa shape index (κ1) is 13.5. The summed E-state index contributed by atoms with van der Waals surface area (Å²) in [5.74, 6) is 0.705. The molecule has 1 aromatic rings. The second kappa shape index (κ2) is 8.57. The molecule has 1 rings (SSSR count). The molecule has 2 nitrogen and oxygen atoms in total. The molecule has 0 atom stereocenters. The molecule has 0 aliphatic carbocycles. The van der Waals surface area contributed by atoms with Gasteiger partial charge in [-0.2, -0.15) is 0 Å². The van der Waals surface area contributed by atoms with Crippen LogP contribution in [0.4, 0.5) is 0 Å². The zero-order valence-electron chi connectivity index (χ0n) is 9.92. The van der Waals surface area contributed by atoms with E-state index in [0.29, 0.717) is 5.88 Å². The number of hydrogen-bond donors (Lipinski definition) is 0. The summed E-state index contributed by atoms with van der Waals surface area (Å²) in [5.41, 5.74) is 0. The topological polar surface area (TPSA) is 22.1 Å². The van der Waals surface area contributed by atoms with Crippen LogP contribution in [-0.2, 0) is 0 Å². The van der Waals surface area contributed by atoms with Crippen molar-refractivity contribution < 1.29 is 4.74 Å². The zero-order valence-corrected chi connectivity index (χ0v) is 11.5. The Morgan fingerprint density at radius 3 is 2.69 bits per heavy atom. The van der Waals surface area contributed by atoms with Gasteiger partial charge < -0.3 is 4.74 Å². The minimum absolute atomic E-state index is 0.705. The molecule has 0 spiro atoms. The monoisotopic (exact) mass is 285 g/mol. The van der Waals surface area contributed by atoms with Gasteiger partial charge in [0.25, 0.3) is 0 Å². The lowest BCUT2D eigenvalue weighted by atomic mass is 10.1. The van der Waals surface area contributed by atoms with Crippen LogP contribution in [0.25, 0.3) is 0 Å². The zero-order chi connectivity index (χ0) is 11.6. The molecule has 0 unspecified atom stereocenters. The Morgan fingerprint density at radius 1 is 1.19 bits per heavy atom. The number of hydrogen-bond acceptors (Lipinski definition) is 2. The largest absolute Gasteiger partial charge is 0.477 e. The van der Waals surface area contributed by atoms with Gasteiger partial charge in [0.05, 0.1) is 11.1 Å². The molecule has 0 fully saturated rings. The smallest absolute Gasteiger partial charge is 0.227 e. The summed E-state index contributed by atoms with van der Waals surface area (Å²) in [4.78, 5) is 4.16. The summed E-state index contributed by atoms with van der Waals surface area (Å²) in [5, 5.41) is 0. The summed E-state index contributed by atoms with van der Waals surface area (Å²) in [6, 6.07) is 3.84.